The maximum Gasteiger partial charge on any atom is 0.304 e. The van der Waals surface area contributed by atoms with E-state index in [-0.39, 0.29) is 11.2 Å². The van der Waals surface area contributed by atoms with Crippen LogP contribution in [0.3, 0.4) is 0 Å². The minimum Gasteiger partial charge on any atom is -0.431 e. The molecule has 4 nitrogen and oxygen atoms in total. The van der Waals surface area contributed by atoms with Gasteiger partial charge in [0.05, 0.1) is 5.69 Å². The van der Waals surface area contributed by atoms with E-state index in [0.717, 1.165) is 5.69 Å². The minimum atomic E-state index is 0.0295. The summed E-state index contributed by atoms with van der Waals surface area (Å²) in [6.45, 7) is 2.41. The molecule has 1 aromatic rings. The maximum absolute atomic E-state index is 11.4. The second-order valence-corrected chi connectivity index (χ2v) is 3.86. The van der Waals surface area contributed by atoms with Gasteiger partial charge in [0.2, 0.25) is 5.91 Å². The van der Waals surface area contributed by atoms with Crippen LogP contribution in [-0.4, -0.2) is 22.7 Å². The lowest BCUT2D eigenvalue weighted by Crippen LogP contribution is -2.24. The minimum absolute atomic E-state index is 0.0295. The fourth-order valence-corrected chi connectivity index (χ4v) is 1.66. The zero-order chi connectivity index (χ0) is 9.42. The zero-order valence-corrected chi connectivity index (χ0v) is 8.12. The van der Waals surface area contributed by atoms with E-state index in [2.05, 4.69) is 17.6 Å². The molecule has 5 heteroatoms. The first kappa shape index (κ1) is 8.62. The Morgan fingerprint density at radius 2 is 2.54 bits per heavy atom. The number of carbonyl (C=O) groups is 1. The average molecular weight is 198 g/mol. The lowest BCUT2D eigenvalue weighted by atomic mass is 10.4. The van der Waals surface area contributed by atoms with Crippen LogP contribution in [0.1, 0.15) is 12.1 Å². The number of nitrogens with zero attached hydrogens (tertiary/aromatic N) is 2. The van der Waals surface area contributed by atoms with Crippen LogP contribution in [0.4, 0.5) is 6.01 Å². The van der Waals surface area contributed by atoms with Gasteiger partial charge in [-0.05, 0) is 6.92 Å². The lowest BCUT2D eigenvalue weighted by Gasteiger charge is -2.09. The van der Waals surface area contributed by atoms with E-state index in [1.807, 2.05) is 6.92 Å². The molecule has 0 N–H and O–H groups in total. The van der Waals surface area contributed by atoms with Gasteiger partial charge in [0.1, 0.15) is 6.26 Å². The van der Waals surface area contributed by atoms with Gasteiger partial charge in [0, 0.05) is 18.2 Å². The summed E-state index contributed by atoms with van der Waals surface area (Å²) in [5, 5.41) is 0.0970. The van der Waals surface area contributed by atoms with E-state index in [1.165, 1.54) is 11.2 Å². The predicted molar refractivity (Wildman–Crippen MR) is 51.0 cm³/mol. The van der Waals surface area contributed by atoms with Crippen LogP contribution in [0.2, 0.25) is 0 Å². The molecule has 2 heterocycles. The first-order chi connectivity index (χ1) is 6.16. The number of amides is 1. The van der Waals surface area contributed by atoms with Crippen molar-refractivity contribution in [2.45, 2.75) is 18.6 Å². The lowest BCUT2D eigenvalue weighted by molar-refractivity contribution is -0.117. The van der Waals surface area contributed by atoms with Crippen LogP contribution in [-0.2, 0) is 4.79 Å². The first-order valence-corrected chi connectivity index (χ1v) is 4.59. The zero-order valence-electron chi connectivity index (χ0n) is 7.23. The topological polar surface area (TPSA) is 46.3 Å². The van der Waals surface area contributed by atoms with Gasteiger partial charge in [-0.25, -0.2) is 0 Å². The summed E-state index contributed by atoms with van der Waals surface area (Å²) in [6, 6.07) is 0.388. The first-order valence-electron chi connectivity index (χ1n) is 4.07. The number of aromatic nitrogens is 1. The number of hydrogen-bond donors (Lipinski definition) is 1. The normalized spacial score (nSPS) is 22.8. The van der Waals surface area contributed by atoms with Crippen molar-refractivity contribution in [3.05, 3.63) is 12.0 Å². The molecular formula is C8H10N2O2S. The molecule has 0 aromatic carbocycles. The summed E-state index contributed by atoms with van der Waals surface area (Å²) in [5.41, 5.74) is 0.783. The van der Waals surface area contributed by atoms with Crippen molar-refractivity contribution in [2.75, 3.05) is 11.4 Å². The molecule has 1 aromatic heterocycles. The molecule has 1 aliphatic heterocycles. The highest BCUT2D eigenvalue weighted by atomic mass is 32.1. The van der Waals surface area contributed by atoms with Crippen molar-refractivity contribution in [1.29, 1.82) is 0 Å². The largest absolute Gasteiger partial charge is 0.431 e. The summed E-state index contributed by atoms with van der Waals surface area (Å²) in [7, 11) is 0. The van der Waals surface area contributed by atoms with E-state index in [1.54, 1.807) is 0 Å². The molecule has 0 aliphatic carbocycles. The number of oxazole rings is 1. The van der Waals surface area contributed by atoms with Gasteiger partial charge < -0.3 is 4.42 Å². The molecule has 1 amide bonds. The molecule has 0 radical (unpaired) electrons. The number of aryl methyl sites for hydroxylation is 1. The van der Waals surface area contributed by atoms with Gasteiger partial charge in [-0.2, -0.15) is 17.6 Å². The Hall–Kier alpha value is -0.970. The Balaban J connectivity index is 2.22. The second kappa shape index (κ2) is 3.06. The molecule has 1 saturated heterocycles. The van der Waals surface area contributed by atoms with Crippen LogP contribution in [0.15, 0.2) is 10.7 Å². The Kier molecular flexibility index (Phi) is 2.03. The van der Waals surface area contributed by atoms with Gasteiger partial charge in [-0.15, -0.1) is 0 Å². The van der Waals surface area contributed by atoms with Crippen LogP contribution >= 0.6 is 12.6 Å². The van der Waals surface area contributed by atoms with Crippen LogP contribution in [0.25, 0.3) is 0 Å². The highest BCUT2D eigenvalue weighted by molar-refractivity contribution is 7.81. The molecule has 1 aliphatic rings. The number of anilines is 1. The SMILES string of the molecule is Cc1coc(N2CC(S)CC2=O)n1. The Bertz CT molecular complexity index is 337. The van der Waals surface area contributed by atoms with Crippen molar-refractivity contribution >= 4 is 24.6 Å². The standard InChI is InChI=1S/C8H10N2O2S/c1-5-4-12-8(9-5)10-3-6(13)2-7(10)11/h4,6,13H,2-3H2,1H3. The summed E-state index contributed by atoms with van der Waals surface area (Å²) < 4.78 is 5.13. The van der Waals surface area contributed by atoms with Crippen LogP contribution < -0.4 is 4.90 Å². The third kappa shape index (κ3) is 1.56. The summed E-state index contributed by atoms with van der Waals surface area (Å²) in [5.74, 6) is 0.0295. The fraction of sp³-hybridized carbons (Fsp3) is 0.500. The molecular weight excluding hydrogens is 188 g/mol. The third-order valence-corrected chi connectivity index (χ3v) is 2.29. The van der Waals surface area contributed by atoms with E-state index >= 15 is 0 Å². The number of rotatable bonds is 1. The summed E-state index contributed by atoms with van der Waals surface area (Å²) in [6.07, 6.45) is 2.00. The van der Waals surface area contributed by atoms with Crippen LogP contribution in [0.5, 0.6) is 0 Å². The third-order valence-electron chi connectivity index (χ3n) is 1.94. The molecule has 1 fully saturated rings. The second-order valence-electron chi connectivity index (χ2n) is 3.13. The molecule has 0 spiro atoms. The highest BCUT2D eigenvalue weighted by Crippen LogP contribution is 2.22. The summed E-state index contributed by atoms with van der Waals surface area (Å²) in [4.78, 5) is 17.0. The Labute approximate surface area is 81.3 Å². The average Bonchev–Trinajstić information content (AvgIpc) is 2.58. The molecule has 1 atom stereocenters. The van der Waals surface area contributed by atoms with E-state index in [0.29, 0.717) is 19.0 Å². The van der Waals surface area contributed by atoms with Gasteiger partial charge in [0.15, 0.2) is 0 Å². The number of thiol groups is 1. The van der Waals surface area contributed by atoms with Crippen molar-refractivity contribution in [1.82, 2.24) is 4.98 Å². The van der Waals surface area contributed by atoms with Gasteiger partial charge in [-0.3, -0.25) is 9.69 Å². The van der Waals surface area contributed by atoms with E-state index in [9.17, 15) is 4.79 Å². The van der Waals surface area contributed by atoms with E-state index < -0.39 is 0 Å². The molecule has 1 unspecified atom stereocenters. The van der Waals surface area contributed by atoms with Crippen molar-refractivity contribution in [2.24, 2.45) is 0 Å². The predicted octanol–water partition coefficient (Wildman–Crippen LogP) is 1.02. The highest BCUT2D eigenvalue weighted by Gasteiger charge is 2.30. The van der Waals surface area contributed by atoms with Gasteiger partial charge in [0.25, 0.3) is 0 Å². The smallest absolute Gasteiger partial charge is 0.304 e. The quantitative estimate of drug-likeness (QED) is 0.685. The monoisotopic (exact) mass is 198 g/mol. The molecule has 0 saturated carbocycles. The Morgan fingerprint density at radius 1 is 1.77 bits per heavy atom. The van der Waals surface area contributed by atoms with Crippen molar-refractivity contribution in [3.63, 3.8) is 0 Å². The van der Waals surface area contributed by atoms with Crippen LogP contribution in [0, 0.1) is 6.92 Å². The number of carbonyl (C=O) groups excluding carboxylic acids is 1. The van der Waals surface area contributed by atoms with E-state index in [4.69, 9.17) is 4.42 Å². The maximum atomic E-state index is 11.4. The molecule has 70 valence electrons. The fourth-order valence-electron chi connectivity index (χ4n) is 1.34. The summed E-state index contributed by atoms with van der Waals surface area (Å²) >= 11 is 4.24. The Morgan fingerprint density at radius 3 is 3.00 bits per heavy atom. The molecule has 13 heavy (non-hydrogen) atoms. The molecule has 0 bridgehead atoms. The number of hydrogen-bond acceptors (Lipinski definition) is 4. The molecule has 2 rings (SSSR count). The van der Waals surface area contributed by atoms with Gasteiger partial charge >= 0.3 is 6.01 Å². The van der Waals surface area contributed by atoms with Gasteiger partial charge in [-0.1, -0.05) is 0 Å². The van der Waals surface area contributed by atoms with Crippen molar-refractivity contribution < 1.29 is 9.21 Å². The van der Waals surface area contributed by atoms with Crippen molar-refractivity contribution in [3.8, 4) is 0 Å².